The van der Waals surface area contributed by atoms with Crippen molar-refractivity contribution < 1.29 is 97.1 Å². The molecule has 0 saturated carbocycles. The van der Waals surface area contributed by atoms with Crippen LogP contribution in [0.15, 0.2) is 67.3 Å². The van der Waals surface area contributed by atoms with Crippen molar-refractivity contribution in [2.24, 2.45) is 23.3 Å². The normalized spacial score (nSPS) is 15.6. The van der Waals surface area contributed by atoms with Crippen LogP contribution < -0.4 is 64.6 Å². The van der Waals surface area contributed by atoms with Crippen LogP contribution in [0.3, 0.4) is 0 Å². The topological polar surface area (TPSA) is 584 Å². The zero-order chi connectivity index (χ0) is 81.3. The molecule has 0 bridgehead atoms. The number of rotatable bonds is 43. The van der Waals surface area contributed by atoms with Gasteiger partial charge in [0.1, 0.15) is 42.3 Å². The highest BCUT2D eigenvalue weighted by atomic mass is 32.2. The van der Waals surface area contributed by atoms with Crippen molar-refractivity contribution in [2.75, 3.05) is 102 Å². The predicted molar refractivity (Wildman–Crippen MR) is 399 cm³/mol. The van der Waals surface area contributed by atoms with Gasteiger partial charge in [-0.1, -0.05) is 45.9 Å². The van der Waals surface area contributed by atoms with Gasteiger partial charge in [0.25, 0.3) is 5.91 Å². The van der Waals surface area contributed by atoms with Gasteiger partial charge in [-0.15, -0.1) is 0 Å². The van der Waals surface area contributed by atoms with E-state index >= 15 is 0 Å². The lowest BCUT2D eigenvalue weighted by molar-refractivity contribution is -0.142. The second kappa shape index (κ2) is 45.0. The highest BCUT2D eigenvalue weighted by molar-refractivity contribution is 7.98. The smallest absolute Gasteiger partial charge is 0.317 e. The zero-order valence-corrected chi connectivity index (χ0v) is 62.9. The van der Waals surface area contributed by atoms with Crippen LogP contribution >= 0.6 is 11.8 Å². The average molecular weight is 1560 g/mol. The molecule has 0 unspecified atom stereocenters. The Morgan fingerprint density at radius 1 is 0.545 bits per heavy atom. The number of nitrogens with two attached hydrogens (primary N) is 2. The molecule has 40 heteroatoms. The maximum atomic E-state index is 14.5. The number of nitrogens with zero attached hydrogens (tertiary/aromatic N) is 5. The van der Waals surface area contributed by atoms with E-state index in [0.717, 1.165) is 0 Å². The van der Waals surface area contributed by atoms with Crippen LogP contribution in [0.2, 0.25) is 0 Å². The number of imidazole rings is 1. The van der Waals surface area contributed by atoms with Gasteiger partial charge in [-0.2, -0.15) is 11.8 Å². The van der Waals surface area contributed by atoms with Crippen LogP contribution in [-0.4, -0.2) is 295 Å². The largest absolute Gasteiger partial charge is 0.481 e. The summed E-state index contributed by atoms with van der Waals surface area (Å²) in [6.07, 6.45) is 4.67. The van der Waals surface area contributed by atoms with Crippen LogP contribution in [-0.2, 0) is 84.8 Å². The Labute approximate surface area is 637 Å². The number of amides is 12. The second-order valence-electron chi connectivity index (χ2n) is 27.2. The molecular weight excluding hydrogens is 1460 g/mol. The van der Waals surface area contributed by atoms with Gasteiger partial charge in [0.05, 0.1) is 51.5 Å². The molecule has 110 heavy (non-hydrogen) atoms. The van der Waals surface area contributed by atoms with Gasteiger partial charge in [0, 0.05) is 112 Å². The van der Waals surface area contributed by atoms with E-state index in [1.165, 1.54) is 75.1 Å². The Bertz CT molecular complexity index is 3830. The van der Waals surface area contributed by atoms with E-state index in [-0.39, 0.29) is 102 Å². The van der Waals surface area contributed by atoms with Gasteiger partial charge in [0.2, 0.25) is 65.0 Å². The number of anilines is 1. The monoisotopic (exact) mass is 1560 g/mol. The van der Waals surface area contributed by atoms with Crippen molar-refractivity contribution in [3.63, 3.8) is 0 Å². The Balaban J connectivity index is 1.25. The number of carbonyl (C=O) groups is 16. The number of aromatic nitrogens is 3. The molecule has 0 aliphatic carbocycles. The first-order chi connectivity index (χ1) is 52.1. The van der Waals surface area contributed by atoms with Crippen LogP contribution in [0.4, 0.5) is 5.69 Å². The molecular formula is C70H101N19O20S. The summed E-state index contributed by atoms with van der Waals surface area (Å²) < 4.78 is 0. The molecule has 1 aliphatic heterocycles. The lowest BCUT2D eigenvalue weighted by atomic mass is 10.0. The minimum atomic E-state index is -1.54. The number of hydrogen-bond acceptors (Lipinski definition) is 22. The van der Waals surface area contributed by atoms with Gasteiger partial charge in [-0.25, -0.2) is 4.98 Å². The number of carboxylic acids is 4. The van der Waals surface area contributed by atoms with Gasteiger partial charge >= 0.3 is 23.9 Å². The Kier molecular flexibility index (Phi) is 36.6. The summed E-state index contributed by atoms with van der Waals surface area (Å²) >= 11 is 1.44. The molecule has 2 aromatic carbocycles. The molecule has 1 aliphatic rings. The van der Waals surface area contributed by atoms with E-state index in [1.54, 1.807) is 44.3 Å². The fourth-order valence-electron chi connectivity index (χ4n) is 11.8. The maximum absolute atomic E-state index is 14.5. The zero-order valence-electron chi connectivity index (χ0n) is 62.1. The first kappa shape index (κ1) is 89.5. The van der Waals surface area contributed by atoms with Crippen LogP contribution in [0.5, 0.6) is 0 Å². The molecule has 5 rings (SSSR count). The van der Waals surface area contributed by atoms with E-state index in [0.29, 0.717) is 27.9 Å². The number of hydrogen-bond donors (Lipinski definition) is 18. The minimum absolute atomic E-state index is 0.0392. The summed E-state index contributed by atoms with van der Waals surface area (Å²) in [6, 6.07) is 1.45. The van der Waals surface area contributed by atoms with Crippen LogP contribution in [0.25, 0.3) is 10.9 Å². The molecule has 3 heterocycles. The van der Waals surface area contributed by atoms with Crippen LogP contribution in [0.1, 0.15) is 88.3 Å². The summed E-state index contributed by atoms with van der Waals surface area (Å²) in [7, 11) is 0. The molecule has 1 fully saturated rings. The number of H-pyrrole nitrogens is 2. The van der Waals surface area contributed by atoms with E-state index < -0.39 is 195 Å². The van der Waals surface area contributed by atoms with Crippen molar-refractivity contribution in [1.29, 1.82) is 0 Å². The Morgan fingerprint density at radius 3 is 1.63 bits per heavy atom. The molecule has 39 nitrogen and oxygen atoms in total. The van der Waals surface area contributed by atoms with Crippen molar-refractivity contribution >= 4 is 123 Å². The number of thioether (sulfide) groups is 1. The van der Waals surface area contributed by atoms with E-state index in [2.05, 4.69) is 68.1 Å². The lowest BCUT2D eigenvalue weighted by Gasteiger charge is -2.35. The second-order valence-corrected chi connectivity index (χ2v) is 28.2. The number of aromatic amines is 2. The average Bonchev–Trinajstić information content (AvgIpc) is 1.67. The van der Waals surface area contributed by atoms with Crippen molar-refractivity contribution in [3.8, 4) is 0 Å². The van der Waals surface area contributed by atoms with Crippen molar-refractivity contribution in [1.82, 2.24) is 82.4 Å². The minimum Gasteiger partial charge on any atom is -0.481 e. The summed E-state index contributed by atoms with van der Waals surface area (Å²) in [6.45, 7) is 5.35. The first-order valence-corrected chi connectivity index (χ1v) is 36.9. The summed E-state index contributed by atoms with van der Waals surface area (Å²) in [4.78, 5) is 227. The summed E-state index contributed by atoms with van der Waals surface area (Å²) in [5.41, 5.74) is 12.7. The number of primary amides is 2. The molecule has 20 N–H and O–H groups in total. The maximum Gasteiger partial charge on any atom is 0.317 e. The number of benzene rings is 2. The Morgan fingerprint density at radius 2 is 1.08 bits per heavy atom. The molecule has 12 amide bonds. The molecule has 8 atom stereocenters. The lowest BCUT2D eigenvalue weighted by Crippen LogP contribution is -2.59. The number of carbonyl (C=O) groups excluding carboxylic acids is 12. The highest BCUT2D eigenvalue weighted by Crippen LogP contribution is 2.21. The molecule has 4 aromatic rings. The van der Waals surface area contributed by atoms with Gasteiger partial charge in [-0.3, -0.25) is 96.3 Å². The third-order valence-electron chi connectivity index (χ3n) is 17.6. The molecule has 2 aromatic heterocycles. The number of para-hydroxylation sites is 1. The fraction of sp³-hybridized carbons (Fsp3) is 0.529. The van der Waals surface area contributed by atoms with E-state index in [4.69, 9.17) is 11.5 Å². The summed E-state index contributed by atoms with van der Waals surface area (Å²) in [5, 5.41) is 65.1. The van der Waals surface area contributed by atoms with Crippen LogP contribution in [0, 0.1) is 11.8 Å². The van der Waals surface area contributed by atoms with E-state index in [9.17, 15) is 97.1 Å². The number of aliphatic carboxylic acids is 4. The molecule has 0 radical (unpaired) electrons. The third-order valence-corrected chi connectivity index (χ3v) is 18.3. The number of fused-ring (bicyclic) bond motifs is 1. The molecule has 1 saturated heterocycles. The summed E-state index contributed by atoms with van der Waals surface area (Å²) in [5.74, 6) is -15.3. The first-order valence-electron chi connectivity index (χ1n) is 35.5. The quantitative estimate of drug-likeness (QED) is 0.0201. The van der Waals surface area contributed by atoms with Crippen molar-refractivity contribution in [3.05, 3.63) is 84.1 Å². The van der Waals surface area contributed by atoms with Gasteiger partial charge in [0.15, 0.2) is 0 Å². The number of carboxylic acid groups (broad SMARTS) is 4. The SMILES string of the molecule is CSCC[C@H](NC(=O)[C@H](CC(C)C)NC(=O)[C@H](Cc1cnc[nH]1)NC(=O)CNC(=O)[C@@H](NC(=O)[C@H](C)NC(=O)[C@H](Cc1c[nH]c2ccccc12)NC(=O)[C@H](CCC(N)=O)NC(=O)c1ccc(NC(=O)CNC(=O)[C@@H](CC(=O)O)N2CCN(CC(=O)O)CCN(CC(=O)O)CCN(CC(=O)O)CC2)cc1)C(C)C)C(N)=O. The van der Waals surface area contributed by atoms with Crippen molar-refractivity contribution in [2.45, 2.75) is 128 Å². The van der Waals surface area contributed by atoms with Gasteiger partial charge in [-0.05, 0) is 85.9 Å². The molecule has 0 spiro atoms. The number of nitrogens with one attached hydrogen (secondary N) is 12. The van der Waals surface area contributed by atoms with Gasteiger partial charge < -0.3 is 95.0 Å². The highest BCUT2D eigenvalue weighted by Gasteiger charge is 2.36. The predicted octanol–water partition coefficient (Wildman–Crippen LogP) is -3.90. The Hall–Kier alpha value is -11.1. The van der Waals surface area contributed by atoms with E-state index in [1.807, 2.05) is 20.1 Å². The fourth-order valence-corrected chi connectivity index (χ4v) is 12.2. The standard InChI is InChI=1S/C70H101N19O20S/c1-39(2)27-50(67(106)81-48(62(72)101)17-26-110-6)83-68(107)52(29-45-32-73-38-77-45)80-56(92)34-76-70(109)61(40(3)4)85-63(102)41(5)78-66(105)51(28-43-31-74-47-10-8-7-9-46(43)47)84-65(104)49(15-16-54(71)90)82-64(103)42-11-13-44(14-12-42)79-55(91)33-75-69(108)53(30-57(93)94)89-24-22-87(36-59(97)98)20-18-86(35-58(95)96)19-21-88(23-25-89)37-60(99)100/h7-14,31-32,38-41,48-53,61,74H,15-30,33-37H2,1-6H3,(H2,71,90)(H2,72,101)(H,73,77)(H,75,108)(H,76,109)(H,78,105)(H,79,91)(H,80,92)(H,81,106)(H,82,103)(H,83,107)(H,84,104)(H,85,102)(H,93,94)(H,95,96)(H,97,98)(H,99,100)/t41-,48-,49-,50-,51-,52-,53+,61-/m0/s1. The third kappa shape index (κ3) is 31.2. The molecule has 602 valence electrons.